The molecule has 14 heteroatoms. The second kappa shape index (κ2) is 9.40. The zero-order chi connectivity index (χ0) is 28.3. The third-order valence-corrected chi connectivity index (χ3v) is 6.62. The number of fused-ring (bicyclic) bond motifs is 2. The van der Waals surface area contributed by atoms with Gasteiger partial charge in [-0.15, -0.1) is 0 Å². The molecule has 39 heavy (non-hydrogen) atoms. The van der Waals surface area contributed by atoms with Crippen LogP contribution in [-0.4, -0.2) is 38.0 Å². The van der Waals surface area contributed by atoms with Gasteiger partial charge in [0.1, 0.15) is 29.0 Å². The number of alkyl halides is 3. The van der Waals surface area contributed by atoms with Crippen LogP contribution in [-0.2, 0) is 16.6 Å². The summed E-state index contributed by atoms with van der Waals surface area (Å²) in [4.78, 5) is 25.9. The van der Waals surface area contributed by atoms with E-state index in [0.29, 0.717) is 11.6 Å². The average Bonchev–Trinajstić information content (AvgIpc) is 3.31. The molecule has 0 bridgehead atoms. The van der Waals surface area contributed by atoms with Crippen molar-refractivity contribution < 1.29 is 31.1 Å². The highest BCUT2D eigenvalue weighted by Crippen LogP contribution is 2.42. The number of hydrogen-bond donors (Lipinski definition) is 2. The summed E-state index contributed by atoms with van der Waals surface area (Å²) in [6.45, 7) is 2.65. The van der Waals surface area contributed by atoms with Crippen LogP contribution in [0.3, 0.4) is 0 Å². The smallest absolute Gasteiger partial charge is 0.369 e. The number of nitrogens with zero attached hydrogens (tertiary/aromatic N) is 4. The largest absolute Gasteiger partial charge is 0.390 e. The highest BCUT2D eigenvalue weighted by molar-refractivity contribution is 6.30. The molecule has 0 unspecified atom stereocenters. The number of hydrogen-bond acceptors (Lipinski definition) is 5. The van der Waals surface area contributed by atoms with Gasteiger partial charge in [0, 0.05) is 24.7 Å². The molecule has 1 aromatic carbocycles. The van der Waals surface area contributed by atoms with Gasteiger partial charge in [-0.3, -0.25) is 4.79 Å². The Morgan fingerprint density at radius 2 is 1.77 bits per heavy atom. The molecule has 0 saturated carbocycles. The van der Waals surface area contributed by atoms with Crippen LogP contribution in [0.5, 0.6) is 0 Å². The van der Waals surface area contributed by atoms with Gasteiger partial charge in [-0.25, -0.2) is 28.1 Å². The summed E-state index contributed by atoms with van der Waals surface area (Å²) in [5.74, 6) is -3.94. The number of carbonyl (C=O) groups excluding carboxylic acids is 1. The SMILES string of the molecule is CC1(C)C(=O)Nc2nc(-c3nc(Cc4c(F)ccc(F)c4F)n4cc(Cl)ccc34)nc(NCCC(F)(F)F)c21. The molecule has 0 radical (unpaired) electrons. The van der Waals surface area contributed by atoms with Crippen LogP contribution < -0.4 is 10.6 Å². The molecular weight excluding hydrogens is 550 g/mol. The Hall–Kier alpha value is -3.87. The monoisotopic (exact) mass is 568 g/mol. The van der Waals surface area contributed by atoms with Gasteiger partial charge in [-0.2, -0.15) is 13.2 Å². The number of aromatic nitrogens is 4. The van der Waals surface area contributed by atoms with E-state index in [1.165, 1.54) is 16.7 Å². The number of nitrogens with one attached hydrogen (secondary N) is 2. The first kappa shape index (κ1) is 26.7. The Bertz CT molecular complexity index is 1630. The van der Waals surface area contributed by atoms with Gasteiger partial charge in [0.2, 0.25) is 5.91 Å². The standard InChI is InChI=1S/C25H19ClF6N6O/c1-24(2)17-20(33-8-7-25(30,31)32)35-22(36-21(17)37-23(24)39)19-15-6-3-11(26)10-38(15)16(34-19)9-12-13(27)4-5-14(28)18(12)29/h3-6,10H,7-9H2,1-2H3,(H2,33,35,36,37,39). The lowest BCUT2D eigenvalue weighted by atomic mass is 9.87. The molecule has 0 spiro atoms. The lowest BCUT2D eigenvalue weighted by molar-refractivity contribution is -0.131. The van der Waals surface area contributed by atoms with E-state index in [-0.39, 0.29) is 39.6 Å². The van der Waals surface area contributed by atoms with Gasteiger partial charge in [0.15, 0.2) is 17.5 Å². The number of carbonyl (C=O) groups is 1. The molecule has 7 nitrogen and oxygen atoms in total. The van der Waals surface area contributed by atoms with Crippen molar-refractivity contribution in [1.82, 2.24) is 19.4 Å². The van der Waals surface area contributed by atoms with Crippen LogP contribution in [0.2, 0.25) is 5.02 Å². The second-order valence-corrected chi connectivity index (χ2v) is 9.90. The summed E-state index contributed by atoms with van der Waals surface area (Å²) >= 11 is 6.14. The summed E-state index contributed by atoms with van der Waals surface area (Å²) in [5.41, 5.74) is -0.979. The maximum absolute atomic E-state index is 14.4. The Morgan fingerprint density at radius 1 is 1.05 bits per heavy atom. The maximum atomic E-state index is 14.4. The van der Waals surface area contributed by atoms with Crippen LogP contribution in [0.25, 0.3) is 17.0 Å². The van der Waals surface area contributed by atoms with E-state index >= 15 is 0 Å². The summed E-state index contributed by atoms with van der Waals surface area (Å²) in [5, 5.41) is 5.53. The number of amides is 1. The van der Waals surface area contributed by atoms with Crippen molar-refractivity contribution >= 4 is 34.7 Å². The number of anilines is 2. The highest BCUT2D eigenvalue weighted by Gasteiger charge is 2.43. The van der Waals surface area contributed by atoms with Gasteiger partial charge >= 0.3 is 6.18 Å². The van der Waals surface area contributed by atoms with Gasteiger partial charge in [0.05, 0.1) is 27.9 Å². The molecule has 4 aromatic rings. The predicted octanol–water partition coefficient (Wildman–Crippen LogP) is 6.05. The second-order valence-electron chi connectivity index (χ2n) is 9.47. The van der Waals surface area contributed by atoms with Crippen LogP contribution in [0.15, 0.2) is 30.5 Å². The molecule has 1 aliphatic rings. The van der Waals surface area contributed by atoms with E-state index in [1.807, 2.05) is 0 Å². The number of rotatable bonds is 6. The van der Waals surface area contributed by atoms with E-state index in [9.17, 15) is 31.1 Å². The zero-order valence-corrected chi connectivity index (χ0v) is 21.1. The molecule has 1 amide bonds. The number of benzene rings is 1. The fraction of sp³-hybridized carbons (Fsp3) is 0.280. The minimum Gasteiger partial charge on any atom is -0.369 e. The van der Waals surface area contributed by atoms with Crippen molar-refractivity contribution in [2.24, 2.45) is 0 Å². The Morgan fingerprint density at radius 3 is 2.49 bits per heavy atom. The first-order valence-electron chi connectivity index (χ1n) is 11.6. The van der Waals surface area contributed by atoms with Gasteiger partial charge < -0.3 is 15.0 Å². The van der Waals surface area contributed by atoms with Crippen molar-refractivity contribution in [3.05, 3.63) is 69.9 Å². The average molecular weight is 569 g/mol. The van der Waals surface area contributed by atoms with Crippen LogP contribution in [0, 0.1) is 17.5 Å². The predicted molar refractivity (Wildman–Crippen MR) is 131 cm³/mol. The Balaban J connectivity index is 1.65. The molecular formula is C25H19ClF6N6O. The van der Waals surface area contributed by atoms with Crippen molar-refractivity contribution in [2.75, 3.05) is 17.2 Å². The normalized spacial score (nSPS) is 14.5. The molecule has 0 aliphatic carbocycles. The number of pyridine rings is 1. The van der Waals surface area contributed by atoms with Gasteiger partial charge in [-0.1, -0.05) is 11.6 Å². The van der Waals surface area contributed by atoms with Crippen molar-refractivity contribution in [3.63, 3.8) is 0 Å². The van der Waals surface area contributed by atoms with E-state index in [2.05, 4.69) is 25.6 Å². The fourth-order valence-corrected chi connectivity index (χ4v) is 4.54. The fourth-order valence-electron chi connectivity index (χ4n) is 4.38. The minimum absolute atomic E-state index is 0.00137. The zero-order valence-electron chi connectivity index (χ0n) is 20.4. The third-order valence-electron chi connectivity index (χ3n) is 6.39. The number of halogens is 7. The number of imidazole rings is 1. The first-order valence-corrected chi connectivity index (χ1v) is 12.0. The quantitative estimate of drug-likeness (QED) is 0.219. The van der Waals surface area contributed by atoms with Gasteiger partial charge in [-0.05, 0) is 38.1 Å². The lowest BCUT2D eigenvalue weighted by Crippen LogP contribution is -2.28. The lowest BCUT2D eigenvalue weighted by Gasteiger charge is -2.19. The maximum Gasteiger partial charge on any atom is 0.390 e. The molecule has 0 atom stereocenters. The van der Waals surface area contributed by atoms with Crippen molar-refractivity contribution in [2.45, 2.75) is 38.3 Å². The van der Waals surface area contributed by atoms with Crippen LogP contribution in [0.4, 0.5) is 38.0 Å². The summed E-state index contributed by atoms with van der Waals surface area (Å²) in [7, 11) is 0. The van der Waals surface area contributed by atoms with E-state index in [1.54, 1.807) is 19.9 Å². The van der Waals surface area contributed by atoms with Gasteiger partial charge in [0.25, 0.3) is 0 Å². The summed E-state index contributed by atoms with van der Waals surface area (Å²) in [6, 6.07) is 4.53. The molecule has 1 aliphatic heterocycles. The van der Waals surface area contributed by atoms with Crippen LogP contribution >= 0.6 is 11.6 Å². The van der Waals surface area contributed by atoms with Crippen LogP contribution in [0.1, 0.15) is 37.2 Å². The highest BCUT2D eigenvalue weighted by atomic mass is 35.5. The molecule has 2 N–H and O–H groups in total. The van der Waals surface area contributed by atoms with E-state index in [4.69, 9.17) is 11.6 Å². The summed E-state index contributed by atoms with van der Waals surface area (Å²) in [6.07, 6.45) is -4.62. The molecule has 4 heterocycles. The van der Waals surface area contributed by atoms with E-state index < -0.39 is 59.9 Å². The first-order chi connectivity index (χ1) is 18.3. The molecule has 0 fully saturated rings. The van der Waals surface area contributed by atoms with E-state index in [0.717, 1.165) is 6.07 Å². The Labute approximate surface area is 222 Å². The molecule has 204 valence electrons. The van der Waals surface area contributed by atoms with Crippen molar-refractivity contribution in [1.29, 1.82) is 0 Å². The molecule has 5 rings (SSSR count). The topological polar surface area (TPSA) is 84.2 Å². The molecule has 3 aromatic heterocycles. The third kappa shape index (κ3) is 4.86. The Kier molecular flexibility index (Phi) is 6.44. The van der Waals surface area contributed by atoms with Crippen molar-refractivity contribution in [3.8, 4) is 11.5 Å². The summed E-state index contributed by atoms with van der Waals surface area (Å²) < 4.78 is 82.6. The minimum atomic E-state index is -4.43. The molecule has 0 saturated heterocycles.